The molecule has 0 saturated heterocycles. The van der Waals surface area contributed by atoms with E-state index < -0.39 is 0 Å². The Balaban J connectivity index is 2.25. The average Bonchev–Trinajstić information content (AvgIpc) is 2.58. The highest BCUT2D eigenvalue weighted by molar-refractivity contribution is 9.11. The molecule has 0 aromatic carbocycles. The van der Waals surface area contributed by atoms with E-state index in [2.05, 4.69) is 21.2 Å². The molecule has 0 aliphatic heterocycles. The van der Waals surface area contributed by atoms with Gasteiger partial charge >= 0.3 is 0 Å². The van der Waals surface area contributed by atoms with Gasteiger partial charge in [0.2, 0.25) is 5.91 Å². The zero-order valence-electron chi connectivity index (χ0n) is 8.38. The molecule has 1 aromatic heterocycles. The second-order valence-electron chi connectivity index (χ2n) is 3.18. The van der Waals surface area contributed by atoms with E-state index in [1.807, 2.05) is 12.1 Å². The highest BCUT2D eigenvalue weighted by Gasteiger charge is 2.04. The van der Waals surface area contributed by atoms with Crippen molar-refractivity contribution in [3.8, 4) is 0 Å². The van der Waals surface area contributed by atoms with Gasteiger partial charge in [-0.3, -0.25) is 4.79 Å². The van der Waals surface area contributed by atoms with Crippen molar-refractivity contribution < 1.29 is 9.59 Å². The van der Waals surface area contributed by atoms with Gasteiger partial charge in [-0.1, -0.05) is 0 Å². The first-order chi connectivity index (χ1) is 7.08. The third-order valence-corrected chi connectivity index (χ3v) is 3.42. The second kappa shape index (κ2) is 6.02. The molecule has 0 fully saturated rings. The van der Waals surface area contributed by atoms with Gasteiger partial charge in [-0.2, -0.15) is 0 Å². The van der Waals surface area contributed by atoms with Crippen molar-refractivity contribution in [2.75, 3.05) is 0 Å². The molecular formula is C10H12BrNO2S. The second-order valence-corrected chi connectivity index (χ2v) is 5.73. The summed E-state index contributed by atoms with van der Waals surface area (Å²) in [6, 6.07) is 3.90. The minimum absolute atomic E-state index is 0.0454. The van der Waals surface area contributed by atoms with Crippen molar-refractivity contribution in [1.29, 1.82) is 0 Å². The molecule has 0 unspecified atom stereocenters. The number of rotatable bonds is 5. The molecule has 1 aromatic rings. The maximum absolute atomic E-state index is 11.3. The van der Waals surface area contributed by atoms with Crippen LogP contribution in [0.3, 0.4) is 0 Å². The standard InChI is InChI=1S/C10H12BrNO2S/c1-7(13)2-5-10(14)12-6-8-3-4-9(11)15-8/h3-4H,2,5-6H2,1H3,(H,12,14). The third-order valence-electron chi connectivity index (χ3n) is 1.79. The van der Waals surface area contributed by atoms with Gasteiger partial charge in [-0.25, -0.2) is 0 Å². The lowest BCUT2D eigenvalue weighted by atomic mass is 10.2. The molecule has 5 heteroatoms. The Kier molecular flexibility index (Phi) is 4.98. The summed E-state index contributed by atoms with van der Waals surface area (Å²) < 4.78 is 1.05. The van der Waals surface area contributed by atoms with Crippen LogP contribution in [0.4, 0.5) is 0 Å². The van der Waals surface area contributed by atoms with Crippen LogP contribution in [-0.2, 0) is 16.1 Å². The van der Waals surface area contributed by atoms with Crippen LogP contribution in [0.5, 0.6) is 0 Å². The van der Waals surface area contributed by atoms with Gasteiger partial charge in [0, 0.05) is 17.7 Å². The lowest BCUT2D eigenvalue weighted by molar-refractivity contribution is -0.124. The molecule has 1 amide bonds. The van der Waals surface area contributed by atoms with Crippen molar-refractivity contribution in [3.63, 3.8) is 0 Å². The van der Waals surface area contributed by atoms with Gasteiger partial charge in [-0.15, -0.1) is 11.3 Å². The van der Waals surface area contributed by atoms with Crippen molar-refractivity contribution in [2.24, 2.45) is 0 Å². The Morgan fingerprint density at radius 3 is 2.67 bits per heavy atom. The number of hydrogen-bond donors (Lipinski definition) is 1. The average molecular weight is 290 g/mol. The fourth-order valence-electron chi connectivity index (χ4n) is 1.01. The predicted octanol–water partition coefficient (Wildman–Crippen LogP) is 2.50. The van der Waals surface area contributed by atoms with Gasteiger partial charge in [0.25, 0.3) is 0 Å². The smallest absolute Gasteiger partial charge is 0.220 e. The Bertz CT molecular complexity index is 362. The summed E-state index contributed by atoms with van der Waals surface area (Å²) in [5.74, 6) is -0.0289. The van der Waals surface area contributed by atoms with E-state index in [4.69, 9.17) is 0 Å². The molecule has 1 rings (SSSR count). The third kappa shape index (κ3) is 5.09. The van der Waals surface area contributed by atoms with Gasteiger partial charge in [0.15, 0.2) is 0 Å². The Morgan fingerprint density at radius 1 is 1.40 bits per heavy atom. The SMILES string of the molecule is CC(=O)CCC(=O)NCc1ccc(Br)s1. The number of ketones is 1. The highest BCUT2D eigenvalue weighted by atomic mass is 79.9. The van der Waals surface area contributed by atoms with Crippen molar-refractivity contribution in [3.05, 3.63) is 20.8 Å². The van der Waals surface area contributed by atoms with Crippen molar-refractivity contribution in [2.45, 2.75) is 26.3 Å². The Morgan fingerprint density at radius 2 is 2.13 bits per heavy atom. The van der Waals surface area contributed by atoms with E-state index in [0.29, 0.717) is 13.0 Å². The van der Waals surface area contributed by atoms with Gasteiger partial charge in [0.05, 0.1) is 10.3 Å². The lowest BCUT2D eigenvalue weighted by Crippen LogP contribution is -2.22. The fraction of sp³-hybridized carbons (Fsp3) is 0.400. The summed E-state index contributed by atoms with van der Waals surface area (Å²) in [5.41, 5.74) is 0. The number of hydrogen-bond acceptors (Lipinski definition) is 3. The molecule has 1 heterocycles. The largest absolute Gasteiger partial charge is 0.351 e. The van der Waals surface area contributed by atoms with Gasteiger partial charge in [0.1, 0.15) is 5.78 Å². The molecule has 0 saturated carbocycles. The first-order valence-corrected chi connectivity index (χ1v) is 6.19. The van der Waals surface area contributed by atoms with E-state index >= 15 is 0 Å². The van der Waals surface area contributed by atoms with Crippen LogP contribution in [0, 0.1) is 0 Å². The first kappa shape index (κ1) is 12.4. The molecular weight excluding hydrogens is 278 g/mol. The van der Waals surface area contributed by atoms with E-state index in [0.717, 1.165) is 8.66 Å². The minimum Gasteiger partial charge on any atom is -0.351 e. The molecule has 1 N–H and O–H groups in total. The number of amides is 1. The summed E-state index contributed by atoms with van der Waals surface area (Å²) in [4.78, 5) is 23.0. The molecule has 0 spiro atoms. The number of thiophene rings is 1. The molecule has 3 nitrogen and oxygen atoms in total. The van der Waals surface area contributed by atoms with Crippen molar-refractivity contribution in [1.82, 2.24) is 5.32 Å². The quantitative estimate of drug-likeness (QED) is 0.905. The van der Waals surface area contributed by atoms with Crippen LogP contribution in [0.15, 0.2) is 15.9 Å². The molecule has 0 aliphatic carbocycles. The monoisotopic (exact) mass is 289 g/mol. The van der Waals surface area contributed by atoms with E-state index in [1.165, 1.54) is 6.92 Å². The topological polar surface area (TPSA) is 46.2 Å². The molecule has 0 bridgehead atoms. The van der Waals surface area contributed by atoms with E-state index in [1.54, 1.807) is 11.3 Å². The van der Waals surface area contributed by atoms with Crippen LogP contribution in [-0.4, -0.2) is 11.7 Å². The number of carbonyl (C=O) groups is 2. The predicted molar refractivity (Wildman–Crippen MR) is 63.8 cm³/mol. The van der Waals surface area contributed by atoms with Crippen LogP contribution < -0.4 is 5.32 Å². The zero-order chi connectivity index (χ0) is 11.3. The summed E-state index contributed by atoms with van der Waals surface area (Å²) in [7, 11) is 0. The molecule has 82 valence electrons. The maximum Gasteiger partial charge on any atom is 0.220 e. The number of Topliss-reactive ketones (excluding diaryl/α,β-unsaturated/α-hetero) is 1. The van der Waals surface area contributed by atoms with Crippen LogP contribution in [0.25, 0.3) is 0 Å². The van der Waals surface area contributed by atoms with Crippen LogP contribution in [0.1, 0.15) is 24.6 Å². The first-order valence-electron chi connectivity index (χ1n) is 4.58. The number of halogens is 1. The summed E-state index contributed by atoms with van der Waals surface area (Å²) in [6.45, 7) is 2.02. The van der Waals surface area contributed by atoms with E-state index in [9.17, 15) is 9.59 Å². The molecule has 0 radical (unpaired) electrons. The van der Waals surface area contributed by atoms with Crippen LogP contribution >= 0.6 is 27.3 Å². The van der Waals surface area contributed by atoms with Gasteiger partial charge < -0.3 is 10.1 Å². The Labute approximate surface area is 101 Å². The normalized spacial score (nSPS) is 10.0. The summed E-state index contributed by atoms with van der Waals surface area (Å²) in [6.07, 6.45) is 0.599. The molecule has 0 atom stereocenters. The highest BCUT2D eigenvalue weighted by Crippen LogP contribution is 2.21. The molecule has 0 aliphatic rings. The number of carbonyl (C=O) groups excluding carboxylic acids is 2. The van der Waals surface area contributed by atoms with E-state index in [-0.39, 0.29) is 18.1 Å². The number of nitrogens with one attached hydrogen (secondary N) is 1. The molecule has 15 heavy (non-hydrogen) atoms. The van der Waals surface area contributed by atoms with Crippen molar-refractivity contribution >= 4 is 39.0 Å². The maximum atomic E-state index is 11.3. The lowest BCUT2D eigenvalue weighted by Gasteiger charge is -2.01. The summed E-state index contributed by atoms with van der Waals surface area (Å²) >= 11 is 4.94. The Hall–Kier alpha value is -0.680. The fourth-order valence-corrected chi connectivity index (χ4v) is 2.43. The van der Waals surface area contributed by atoms with Crippen LogP contribution in [0.2, 0.25) is 0 Å². The zero-order valence-corrected chi connectivity index (χ0v) is 10.8. The van der Waals surface area contributed by atoms with Gasteiger partial charge in [-0.05, 0) is 35.0 Å². The summed E-state index contributed by atoms with van der Waals surface area (Å²) in [5, 5.41) is 2.77. The minimum atomic E-state index is -0.0743.